The first-order chi connectivity index (χ1) is 12.1. The zero-order valence-corrected chi connectivity index (χ0v) is 14.3. The number of methoxy groups -OCH3 is 1. The number of benzene rings is 1. The van der Waals surface area contributed by atoms with Gasteiger partial charge in [0.2, 0.25) is 0 Å². The van der Waals surface area contributed by atoms with Crippen LogP contribution < -0.4 is 10.6 Å². The number of carbonyl (C=O) groups is 1. The number of aromatic nitrogens is 2. The Morgan fingerprint density at radius 2 is 2.28 bits per heavy atom. The number of rotatable bonds is 5. The lowest BCUT2D eigenvalue weighted by molar-refractivity contribution is 0.201. The van der Waals surface area contributed by atoms with Crippen molar-refractivity contribution in [3.05, 3.63) is 46.9 Å². The summed E-state index contributed by atoms with van der Waals surface area (Å²) < 4.78 is 20.0. The molecule has 1 fully saturated rings. The van der Waals surface area contributed by atoms with E-state index >= 15 is 0 Å². The Morgan fingerprint density at radius 3 is 3.08 bits per heavy atom. The van der Waals surface area contributed by atoms with Gasteiger partial charge < -0.3 is 10.1 Å². The summed E-state index contributed by atoms with van der Waals surface area (Å²) in [6.45, 7) is 0.591. The maximum atomic E-state index is 13.3. The molecule has 1 saturated carbocycles. The first-order valence-electron chi connectivity index (χ1n) is 8.44. The highest BCUT2D eigenvalue weighted by Crippen LogP contribution is 2.56. The van der Waals surface area contributed by atoms with Gasteiger partial charge in [-0.25, -0.2) is 9.18 Å². The number of hydrogen-bond donors (Lipinski definition) is 2. The number of halogens is 1. The fourth-order valence-electron chi connectivity index (χ4n) is 3.86. The Hall–Kier alpha value is -2.41. The van der Waals surface area contributed by atoms with Gasteiger partial charge in [0.15, 0.2) is 0 Å². The van der Waals surface area contributed by atoms with Gasteiger partial charge in [0.05, 0.1) is 12.3 Å². The van der Waals surface area contributed by atoms with Crippen LogP contribution in [0, 0.1) is 11.7 Å². The van der Waals surface area contributed by atoms with Gasteiger partial charge in [-0.1, -0.05) is 6.07 Å². The minimum atomic E-state index is -0.232. The molecule has 2 amide bonds. The summed E-state index contributed by atoms with van der Waals surface area (Å²) in [5.41, 5.74) is 3.11. The maximum absolute atomic E-state index is 13.3. The van der Waals surface area contributed by atoms with Crippen LogP contribution in [-0.4, -0.2) is 35.6 Å². The SMILES string of the molecule is COCCc1cc(NC(=O)NC2C3Cc4cc(F)ccc4C32)n(C)n1. The molecular formula is C18H21FN4O2. The Bertz CT molecular complexity index is 819. The lowest BCUT2D eigenvalue weighted by Gasteiger charge is -2.11. The van der Waals surface area contributed by atoms with Crippen LogP contribution in [0.5, 0.6) is 0 Å². The summed E-state index contributed by atoms with van der Waals surface area (Å²) in [4.78, 5) is 12.3. The van der Waals surface area contributed by atoms with Crippen LogP contribution in [0.15, 0.2) is 24.3 Å². The number of carbonyl (C=O) groups excluding carboxylic acids is 1. The number of anilines is 1. The van der Waals surface area contributed by atoms with E-state index in [9.17, 15) is 9.18 Å². The van der Waals surface area contributed by atoms with Crippen LogP contribution in [0.4, 0.5) is 15.0 Å². The summed E-state index contributed by atoms with van der Waals surface area (Å²) >= 11 is 0. The maximum Gasteiger partial charge on any atom is 0.320 e. The van der Waals surface area contributed by atoms with E-state index in [1.54, 1.807) is 24.9 Å². The van der Waals surface area contributed by atoms with Crippen molar-refractivity contribution in [3.8, 4) is 0 Å². The van der Waals surface area contributed by atoms with Gasteiger partial charge in [-0.3, -0.25) is 10.00 Å². The number of amides is 2. The minimum absolute atomic E-state index is 0.124. The molecule has 3 unspecified atom stereocenters. The van der Waals surface area contributed by atoms with E-state index < -0.39 is 0 Å². The zero-order valence-electron chi connectivity index (χ0n) is 14.3. The molecule has 4 rings (SSSR count). The number of ether oxygens (including phenoxy) is 1. The zero-order chi connectivity index (χ0) is 17.6. The summed E-state index contributed by atoms with van der Waals surface area (Å²) in [7, 11) is 3.44. The quantitative estimate of drug-likeness (QED) is 0.874. The summed E-state index contributed by atoms with van der Waals surface area (Å²) in [5, 5.41) is 10.2. The number of hydrogen-bond acceptors (Lipinski definition) is 3. The molecule has 2 aromatic rings. The predicted molar refractivity (Wildman–Crippen MR) is 91.1 cm³/mol. The van der Waals surface area contributed by atoms with Gasteiger partial charge in [-0.05, 0) is 35.6 Å². The van der Waals surface area contributed by atoms with E-state index in [2.05, 4.69) is 15.7 Å². The molecule has 25 heavy (non-hydrogen) atoms. The molecule has 0 saturated heterocycles. The van der Waals surface area contributed by atoms with Crippen molar-refractivity contribution in [1.82, 2.24) is 15.1 Å². The number of fused-ring (bicyclic) bond motifs is 3. The molecule has 7 heteroatoms. The fourth-order valence-corrected chi connectivity index (χ4v) is 3.86. The van der Waals surface area contributed by atoms with Crippen LogP contribution in [0.1, 0.15) is 22.7 Å². The number of nitrogens with one attached hydrogen (secondary N) is 2. The van der Waals surface area contributed by atoms with Crippen LogP contribution in [0.2, 0.25) is 0 Å². The summed E-state index contributed by atoms with van der Waals surface area (Å²) in [6, 6.07) is 6.69. The van der Waals surface area contributed by atoms with Crippen molar-refractivity contribution in [3.63, 3.8) is 0 Å². The first kappa shape index (κ1) is 16.1. The van der Waals surface area contributed by atoms with E-state index in [1.165, 1.54) is 11.6 Å². The highest BCUT2D eigenvalue weighted by molar-refractivity contribution is 5.89. The fraction of sp³-hybridized carbons (Fsp3) is 0.444. The monoisotopic (exact) mass is 344 g/mol. The molecule has 0 aliphatic heterocycles. The Labute approximate surface area is 145 Å². The molecule has 0 radical (unpaired) electrons. The number of nitrogens with zero attached hydrogens (tertiary/aromatic N) is 2. The average Bonchev–Trinajstić information content (AvgIpc) is 2.92. The van der Waals surface area contributed by atoms with Gasteiger partial charge in [0, 0.05) is 38.6 Å². The Balaban J connectivity index is 1.35. The Morgan fingerprint density at radius 1 is 1.44 bits per heavy atom. The summed E-state index contributed by atoms with van der Waals surface area (Å²) in [5.74, 6) is 1.15. The second kappa shape index (κ2) is 6.15. The topological polar surface area (TPSA) is 68.2 Å². The molecule has 2 aliphatic rings. The molecular weight excluding hydrogens is 323 g/mol. The molecule has 3 atom stereocenters. The highest BCUT2D eigenvalue weighted by atomic mass is 19.1. The molecule has 132 valence electrons. The standard InChI is InChI=1S/C18H21FN4O2/c1-23-15(9-12(22-23)5-6-25-2)20-18(24)21-17-14-8-10-7-11(19)3-4-13(10)16(14)17/h3-4,7,9,14,16-17H,5-6,8H2,1-2H3,(H2,20,21,24). The van der Waals surface area contributed by atoms with E-state index in [0.717, 1.165) is 17.7 Å². The third kappa shape index (κ3) is 3.00. The predicted octanol–water partition coefficient (Wildman–Crippen LogP) is 2.21. The minimum Gasteiger partial charge on any atom is -0.384 e. The van der Waals surface area contributed by atoms with Crippen molar-refractivity contribution < 1.29 is 13.9 Å². The Kier molecular flexibility index (Phi) is 3.95. The largest absolute Gasteiger partial charge is 0.384 e. The molecule has 1 aromatic heterocycles. The molecule has 0 spiro atoms. The van der Waals surface area contributed by atoms with Crippen molar-refractivity contribution in [2.75, 3.05) is 19.0 Å². The smallest absolute Gasteiger partial charge is 0.320 e. The van der Waals surface area contributed by atoms with Crippen LogP contribution >= 0.6 is 0 Å². The van der Waals surface area contributed by atoms with Gasteiger partial charge in [0.1, 0.15) is 11.6 Å². The number of aryl methyl sites for hydroxylation is 1. The molecule has 6 nitrogen and oxygen atoms in total. The van der Waals surface area contributed by atoms with Crippen molar-refractivity contribution in [2.24, 2.45) is 13.0 Å². The lowest BCUT2D eigenvalue weighted by Crippen LogP contribution is -2.33. The summed E-state index contributed by atoms with van der Waals surface area (Å²) in [6.07, 6.45) is 1.53. The van der Waals surface area contributed by atoms with Crippen LogP contribution in [0.3, 0.4) is 0 Å². The normalized spacial score (nSPS) is 23.1. The first-order valence-corrected chi connectivity index (χ1v) is 8.44. The van der Waals surface area contributed by atoms with Gasteiger partial charge in [-0.2, -0.15) is 5.10 Å². The molecule has 0 bridgehead atoms. The second-order valence-electron chi connectivity index (χ2n) is 6.75. The number of urea groups is 1. The van der Waals surface area contributed by atoms with E-state index in [-0.39, 0.29) is 17.9 Å². The van der Waals surface area contributed by atoms with E-state index in [4.69, 9.17) is 4.74 Å². The van der Waals surface area contributed by atoms with Crippen molar-refractivity contribution in [2.45, 2.75) is 24.8 Å². The third-order valence-electron chi connectivity index (χ3n) is 5.12. The second-order valence-corrected chi connectivity index (χ2v) is 6.75. The molecule has 2 N–H and O–H groups in total. The van der Waals surface area contributed by atoms with Crippen LogP contribution in [0.25, 0.3) is 0 Å². The van der Waals surface area contributed by atoms with E-state index in [0.29, 0.717) is 30.7 Å². The molecule has 2 aliphatic carbocycles. The van der Waals surface area contributed by atoms with Crippen LogP contribution in [-0.2, 0) is 24.6 Å². The highest BCUT2D eigenvalue weighted by Gasteiger charge is 2.56. The molecule has 1 heterocycles. The van der Waals surface area contributed by atoms with Gasteiger partial charge in [0.25, 0.3) is 0 Å². The van der Waals surface area contributed by atoms with Crippen molar-refractivity contribution in [1.29, 1.82) is 0 Å². The third-order valence-corrected chi connectivity index (χ3v) is 5.12. The van der Waals surface area contributed by atoms with E-state index in [1.807, 2.05) is 12.1 Å². The lowest BCUT2D eigenvalue weighted by atomic mass is 10.0. The molecule has 1 aromatic carbocycles. The van der Waals surface area contributed by atoms with Crippen molar-refractivity contribution >= 4 is 11.8 Å². The average molecular weight is 344 g/mol. The van der Waals surface area contributed by atoms with Gasteiger partial charge in [-0.15, -0.1) is 0 Å². The van der Waals surface area contributed by atoms with Gasteiger partial charge >= 0.3 is 6.03 Å².